The van der Waals surface area contributed by atoms with Crippen LogP contribution in [0.15, 0.2) is 41.3 Å². The maximum Gasteiger partial charge on any atom is 0.300 e. The standard InChI is InChI=1S/C18H17Cl3N4O3S.C2H4O2/c19-13-9-14(20)16(15(21)10-13)29(27,28)25-6-4-24(5-7-25)18(26)12-3-1-2-11(8-12)17(22)23;1-2(3)4/h1-3,8-10H,4-7H2,(H3,22,23);1H3,(H,3,4). The lowest BCUT2D eigenvalue weighted by atomic mass is 10.1. The second-order valence-electron chi connectivity index (χ2n) is 6.91. The number of carboxylic acids is 1. The van der Waals surface area contributed by atoms with Gasteiger partial charge in [-0.15, -0.1) is 0 Å². The van der Waals surface area contributed by atoms with Gasteiger partial charge in [0.2, 0.25) is 10.0 Å². The number of hydrogen-bond donors (Lipinski definition) is 3. The Morgan fingerprint density at radius 3 is 1.97 bits per heavy atom. The number of piperazine rings is 1. The molecule has 1 aliphatic heterocycles. The van der Waals surface area contributed by atoms with Crippen LogP contribution >= 0.6 is 34.8 Å². The van der Waals surface area contributed by atoms with Crippen molar-refractivity contribution in [2.75, 3.05) is 26.2 Å². The van der Waals surface area contributed by atoms with Crippen molar-refractivity contribution in [3.63, 3.8) is 0 Å². The zero-order valence-corrected chi connectivity index (χ0v) is 20.5. The highest BCUT2D eigenvalue weighted by Gasteiger charge is 2.33. The molecule has 0 saturated carbocycles. The van der Waals surface area contributed by atoms with E-state index in [1.165, 1.54) is 16.4 Å². The van der Waals surface area contributed by atoms with Crippen LogP contribution in [0.1, 0.15) is 22.8 Å². The number of nitrogens with one attached hydrogen (secondary N) is 1. The van der Waals surface area contributed by atoms with Crippen molar-refractivity contribution in [3.8, 4) is 0 Å². The van der Waals surface area contributed by atoms with E-state index in [0.717, 1.165) is 6.92 Å². The smallest absolute Gasteiger partial charge is 0.300 e. The Balaban J connectivity index is 0.000000890. The van der Waals surface area contributed by atoms with Crippen LogP contribution in [0.3, 0.4) is 0 Å². The van der Waals surface area contributed by atoms with Crippen molar-refractivity contribution in [1.29, 1.82) is 5.41 Å². The number of aliphatic carboxylic acids is 1. The van der Waals surface area contributed by atoms with E-state index >= 15 is 0 Å². The minimum atomic E-state index is -3.94. The topological polar surface area (TPSA) is 145 Å². The minimum absolute atomic E-state index is 0.0537. The lowest BCUT2D eigenvalue weighted by Crippen LogP contribution is -2.50. The van der Waals surface area contributed by atoms with Crippen LogP contribution in [0.4, 0.5) is 0 Å². The fourth-order valence-corrected chi connectivity index (χ4v) is 5.95. The molecule has 3 rings (SSSR count). The third-order valence-electron chi connectivity index (χ3n) is 4.51. The predicted octanol–water partition coefficient (Wildman–Crippen LogP) is 3.17. The first kappa shape index (κ1) is 26.9. The first-order chi connectivity index (χ1) is 15.3. The maximum atomic E-state index is 13.0. The number of amides is 1. The van der Waals surface area contributed by atoms with Gasteiger partial charge in [-0.2, -0.15) is 4.31 Å². The van der Waals surface area contributed by atoms with Gasteiger partial charge in [0, 0.05) is 49.3 Å². The maximum absolute atomic E-state index is 13.0. The molecule has 1 saturated heterocycles. The molecule has 0 radical (unpaired) electrons. The molecule has 0 aliphatic carbocycles. The highest BCUT2D eigenvalue weighted by molar-refractivity contribution is 7.89. The summed E-state index contributed by atoms with van der Waals surface area (Å²) in [6.07, 6.45) is 0. The van der Waals surface area contributed by atoms with Gasteiger partial charge in [-0.3, -0.25) is 15.0 Å². The summed E-state index contributed by atoms with van der Waals surface area (Å²) in [5, 5.41) is 15.0. The summed E-state index contributed by atoms with van der Waals surface area (Å²) >= 11 is 18.0. The number of amidine groups is 1. The van der Waals surface area contributed by atoms with Crippen LogP contribution in [-0.2, 0) is 14.8 Å². The Labute approximate surface area is 206 Å². The first-order valence-electron chi connectivity index (χ1n) is 9.42. The summed E-state index contributed by atoms with van der Waals surface area (Å²) < 4.78 is 27.2. The number of rotatable bonds is 4. The van der Waals surface area contributed by atoms with Crippen molar-refractivity contribution >= 4 is 62.5 Å². The van der Waals surface area contributed by atoms with E-state index in [0.29, 0.717) is 11.1 Å². The zero-order valence-electron chi connectivity index (χ0n) is 17.4. The molecule has 0 bridgehead atoms. The molecule has 33 heavy (non-hydrogen) atoms. The minimum Gasteiger partial charge on any atom is -0.481 e. The van der Waals surface area contributed by atoms with E-state index in [1.807, 2.05) is 0 Å². The van der Waals surface area contributed by atoms with Gasteiger partial charge in [0.05, 0.1) is 10.0 Å². The highest BCUT2D eigenvalue weighted by atomic mass is 35.5. The van der Waals surface area contributed by atoms with Crippen molar-refractivity contribution in [3.05, 3.63) is 62.6 Å². The number of nitrogens with two attached hydrogens (primary N) is 1. The summed E-state index contributed by atoms with van der Waals surface area (Å²) in [5.41, 5.74) is 6.31. The average Bonchev–Trinajstić information content (AvgIpc) is 2.72. The Bertz CT molecular complexity index is 1150. The van der Waals surface area contributed by atoms with Crippen molar-refractivity contribution in [2.24, 2.45) is 5.73 Å². The number of carbonyl (C=O) groups is 2. The van der Waals surface area contributed by atoms with Gasteiger partial charge in [-0.25, -0.2) is 8.42 Å². The SMILES string of the molecule is CC(=O)O.N=C(N)c1cccc(C(=O)N2CCN(S(=O)(=O)c3c(Cl)cc(Cl)cc3Cl)CC2)c1. The van der Waals surface area contributed by atoms with Crippen molar-refractivity contribution in [2.45, 2.75) is 11.8 Å². The zero-order chi connectivity index (χ0) is 24.9. The molecular weight excluding hydrogens is 515 g/mol. The molecule has 0 spiro atoms. The Hall–Kier alpha value is -2.37. The van der Waals surface area contributed by atoms with Gasteiger partial charge in [-0.05, 0) is 24.3 Å². The number of nitrogens with zero attached hydrogens (tertiary/aromatic N) is 2. The molecule has 0 atom stereocenters. The van der Waals surface area contributed by atoms with Gasteiger partial charge in [0.1, 0.15) is 10.7 Å². The third kappa shape index (κ3) is 6.81. The number of carbonyl (C=O) groups excluding carboxylic acids is 1. The van der Waals surface area contributed by atoms with Crippen molar-refractivity contribution in [1.82, 2.24) is 9.21 Å². The lowest BCUT2D eigenvalue weighted by Gasteiger charge is -2.34. The van der Waals surface area contributed by atoms with Crippen LogP contribution in [-0.4, -0.2) is 66.6 Å². The Morgan fingerprint density at radius 1 is 1.00 bits per heavy atom. The summed E-state index contributed by atoms with van der Waals surface area (Å²) in [4.78, 5) is 23.1. The normalized spacial score (nSPS) is 14.2. The first-order valence-corrected chi connectivity index (χ1v) is 12.0. The molecule has 0 unspecified atom stereocenters. The Morgan fingerprint density at radius 2 is 1.48 bits per heavy atom. The van der Waals surface area contributed by atoms with Crippen LogP contribution in [0.2, 0.25) is 15.1 Å². The molecule has 1 heterocycles. The van der Waals surface area contributed by atoms with Crippen LogP contribution in [0.5, 0.6) is 0 Å². The molecule has 1 fully saturated rings. The number of halogens is 3. The number of nitrogen functional groups attached to an aromatic ring is 1. The molecule has 4 N–H and O–H groups in total. The lowest BCUT2D eigenvalue weighted by molar-refractivity contribution is -0.134. The van der Waals surface area contributed by atoms with E-state index in [2.05, 4.69) is 0 Å². The molecule has 0 aromatic heterocycles. The van der Waals surface area contributed by atoms with Crippen LogP contribution in [0.25, 0.3) is 0 Å². The van der Waals surface area contributed by atoms with Gasteiger partial charge in [-0.1, -0.05) is 46.9 Å². The van der Waals surface area contributed by atoms with E-state index in [9.17, 15) is 13.2 Å². The largest absolute Gasteiger partial charge is 0.481 e. The number of hydrogen-bond acceptors (Lipinski definition) is 5. The second kappa shape index (κ2) is 11.2. The van der Waals surface area contributed by atoms with E-state index in [1.54, 1.807) is 29.2 Å². The molecular formula is C20H21Cl3N4O5S. The number of carboxylic acid groups (broad SMARTS) is 1. The van der Waals surface area contributed by atoms with Gasteiger partial charge < -0.3 is 15.7 Å². The van der Waals surface area contributed by atoms with E-state index < -0.39 is 16.0 Å². The Kier molecular flexibility index (Phi) is 9.10. The fourth-order valence-electron chi connectivity index (χ4n) is 3.04. The average molecular weight is 536 g/mol. The van der Waals surface area contributed by atoms with E-state index in [-0.39, 0.29) is 57.9 Å². The third-order valence-corrected chi connectivity index (χ3v) is 7.55. The summed E-state index contributed by atoms with van der Waals surface area (Å²) in [6.45, 7) is 1.67. The van der Waals surface area contributed by atoms with Gasteiger partial charge in [0.25, 0.3) is 11.9 Å². The molecule has 1 amide bonds. The monoisotopic (exact) mass is 534 g/mol. The molecule has 9 nitrogen and oxygen atoms in total. The fraction of sp³-hybridized carbons (Fsp3) is 0.250. The predicted molar refractivity (Wildman–Crippen MR) is 127 cm³/mol. The summed E-state index contributed by atoms with van der Waals surface area (Å²) in [7, 11) is -3.94. The van der Waals surface area contributed by atoms with E-state index in [4.69, 9.17) is 55.8 Å². The summed E-state index contributed by atoms with van der Waals surface area (Å²) in [5.74, 6) is -1.22. The molecule has 178 valence electrons. The van der Waals surface area contributed by atoms with Crippen LogP contribution < -0.4 is 5.73 Å². The molecule has 1 aliphatic rings. The number of sulfonamides is 1. The quantitative estimate of drug-likeness (QED) is 0.405. The van der Waals surface area contributed by atoms with Gasteiger partial charge >= 0.3 is 0 Å². The molecule has 2 aromatic carbocycles. The number of benzene rings is 2. The van der Waals surface area contributed by atoms with Gasteiger partial charge in [0.15, 0.2) is 0 Å². The molecule has 13 heteroatoms. The van der Waals surface area contributed by atoms with Crippen LogP contribution in [0, 0.1) is 5.41 Å². The van der Waals surface area contributed by atoms with Crippen molar-refractivity contribution < 1.29 is 23.1 Å². The molecule has 2 aromatic rings. The summed E-state index contributed by atoms with van der Waals surface area (Å²) in [6, 6.07) is 9.11. The highest BCUT2D eigenvalue weighted by Crippen LogP contribution is 2.35. The second-order valence-corrected chi connectivity index (χ2v) is 10.0.